The topological polar surface area (TPSA) is 46.5 Å². The second-order valence-electron chi connectivity index (χ2n) is 5.38. The van der Waals surface area contributed by atoms with Gasteiger partial charge in [-0.2, -0.15) is 0 Å². The van der Waals surface area contributed by atoms with Crippen molar-refractivity contribution in [2.24, 2.45) is 7.05 Å². The van der Waals surface area contributed by atoms with Crippen molar-refractivity contribution in [3.63, 3.8) is 0 Å². The molecule has 0 amide bonds. The van der Waals surface area contributed by atoms with Gasteiger partial charge >= 0.3 is 0 Å². The first-order valence-corrected chi connectivity index (χ1v) is 8.91. The Hall–Kier alpha value is -2.88. The number of nitrogens with zero attached hydrogens (tertiary/aromatic N) is 3. The molecule has 0 spiro atoms. The second-order valence-corrected chi connectivity index (χ2v) is 5.38. The number of nitrogens with one attached hydrogen (secondary N) is 1. The lowest BCUT2D eigenvalue weighted by molar-refractivity contribution is 1.01. The van der Waals surface area contributed by atoms with Gasteiger partial charge in [0.15, 0.2) is 0 Å². The molecule has 128 valence electrons. The zero-order valence-corrected chi connectivity index (χ0v) is 15.5. The summed E-state index contributed by atoms with van der Waals surface area (Å²) in [6.07, 6.45) is 7.53. The molecule has 0 fully saturated rings. The molecule has 0 saturated heterocycles. The standard InChI is InChI=1S/C17H12N4.2C2H6/c1-21-14-5-7-19-9-12(14)16-15(21)3-2-10-11-8-18-6-4-13(11)20-17(10)16;2*1-2/h2-9,20H,1H3;2*1-2H3. The number of aromatic nitrogens is 4. The summed E-state index contributed by atoms with van der Waals surface area (Å²) in [7, 11) is 2.10. The van der Waals surface area contributed by atoms with Crippen LogP contribution in [0.4, 0.5) is 0 Å². The van der Waals surface area contributed by atoms with E-state index in [0.717, 1.165) is 16.4 Å². The SMILES string of the molecule is CC.CC.Cn1c2ccncc2c2c3[nH]c4ccncc4c3ccc21. The Morgan fingerprint density at radius 3 is 2.20 bits per heavy atom. The maximum Gasteiger partial charge on any atom is 0.0567 e. The molecule has 0 radical (unpaired) electrons. The van der Waals surface area contributed by atoms with Crippen LogP contribution in [0.3, 0.4) is 0 Å². The van der Waals surface area contributed by atoms with E-state index >= 15 is 0 Å². The fourth-order valence-corrected chi connectivity index (χ4v) is 3.35. The molecule has 1 N–H and O–H groups in total. The summed E-state index contributed by atoms with van der Waals surface area (Å²) in [6.45, 7) is 8.00. The predicted molar refractivity (Wildman–Crippen MR) is 108 cm³/mol. The number of H-pyrrole nitrogens is 1. The highest BCUT2D eigenvalue weighted by Gasteiger charge is 2.14. The maximum absolute atomic E-state index is 4.30. The van der Waals surface area contributed by atoms with Crippen LogP contribution in [0.1, 0.15) is 27.7 Å². The van der Waals surface area contributed by atoms with Crippen LogP contribution in [0.5, 0.6) is 0 Å². The van der Waals surface area contributed by atoms with Gasteiger partial charge in [-0.1, -0.05) is 33.8 Å². The Labute approximate surface area is 147 Å². The number of pyridine rings is 2. The molecule has 0 aliphatic heterocycles. The highest BCUT2D eigenvalue weighted by Crippen LogP contribution is 2.35. The maximum atomic E-state index is 4.30. The predicted octanol–water partition coefficient (Wildman–Crippen LogP) is 5.81. The molecule has 4 aromatic heterocycles. The largest absolute Gasteiger partial charge is 0.354 e. The fourth-order valence-electron chi connectivity index (χ4n) is 3.35. The summed E-state index contributed by atoms with van der Waals surface area (Å²) >= 11 is 0. The van der Waals surface area contributed by atoms with Crippen molar-refractivity contribution in [3.8, 4) is 0 Å². The molecular formula is C21H24N4. The van der Waals surface area contributed by atoms with Gasteiger partial charge in [0, 0.05) is 58.9 Å². The Morgan fingerprint density at radius 1 is 0.760 bits per heavy atom. The van der Waals surface area contributed by atoms with Crippen LogP contribution < -0.4 is 0 Å². The summed E-state index contributed by atoms with van der Waals surface area (Å²) in [5.74, 6) is 0. The Bertz CT molecular complexity index is 1150. The quantitative estimate of drug-likeness (QED) is 0.389. The smallest absolute Gasteiger partial charge is 0.0567 e. The van der Waals surface area contributed by atoms with Gasteiger partial charge < -0.3 is 9.55 Å². The van der Waals surface area contributed by atoms with Crippen LogP contribution >= 0.6 is 0 Å². The normalized spacial score (nSPS) is 10.6. The molecule has 25 heavy (non-hydrogen) atoms. The fraction of sp³-hybridized carbons (Fsp3) is 0.238. The number of hydrogen-bond acceptors (Lipinski definition) is 2. The van der Waals surface area contributed by atoms with E-state index in [0.29, 0.717) is 0 Å². The van der Waals surface area contributed by atoms with Crippen LogP contribution in [0.15, 0.2) is 49.1 Å². The molecule has 0 bridgehead atoms. The van der Waals surface area contributed by atoms with Crippen molar-refractivity contribution in [1.82, 2.24) is 19.5 Å². The van der Waals surface area contributed by atoms with E-state index in [4.69, 9.17) is 0 Å². The van der Waals surface area contributed by atoms with Gasteiger partial charge in [0.2, 0.25) is 0 Å². The Morgan fingerprint density at radius 2 is 1.44 bits per heavy atom. The van der Waals surface area contributed by atoms with Crippen molar-refractivity contribution in [1.29, 1.82) is 0 Å². The average molecular weight is 332 g/mol. The zero-order valence-electron chi connectivity index (χ0n) is 15.5. The molecule has 0 unspecified atom stereocenters. The van der Waals surface area contributed by atoms with E-state index in [1.165, 1.54) is 27.2 Å². The van der Waals surface area contributed by atoms with Crippen molar-refractivity contribution >= 4 is 43.6 Å². The first-order valence-electron chi connectivity index (χ1n) is 8.91. The molecule has 4 heteroatoms. The van der Waals surface area contributed by atoms with Gasteiger partial charge in [0.25, 0.3) is 0 Å². The van der Waals surface area contributed by atoms with Gasteiger partial charge in [-0.15, -0.1) is 0 Å². The number of aromatic amines is 1. The summed E-state index contributed by atoms with van der Waals surface area (Å²) in [4.78, 5) is 12.1. The monoisotopic (exact) mass is 332 g/mol. The third-order valence-electron chi connectivity index (χ3n) is 4.34. The number of rotatable bonds is 0. The lowest BCUT2D eigenvalue weighted by atomic mass is 10.1. The lowest BCUT2D eigenvalue weighted by Gasteiger charge is -1.97. The van der Waals surface area contributed by atoms with E-state index in [1.807, 2.05) is 58.5 Å². The third kappa shape index (κ3) is 2.45. The Kier molecular flexibility index (Phi) is 4.70. The van der Waals surface area contributed by atoms with E-state index in [9.17, 15) is 0 Å². The highest BCUT2D eigenvalue weighted by molar-refractivity contribution is 6.24. The van der Waals surface area contributed by atoms with E-state index < -0.39 is 0 Å². The van der Waals surface area contributed by atoms with Gasteiger partial charge in [0.1, 0.15) is 0 Å². The molecule has 4 nitrogen and oxygen atoms in total. The molecule has 1 aromatic carbocycles. The summed E-state index contributed by atoms with van der Waals surface area (Å²) in [5.41, 5.74) is 4.69. The molecule has 4 heterocycles. The van der Waals surface area contributed by atoms with Crippen LogP contribution in [-0.4, -0.2) is 19.5 Å². The van der Waals surface area contributed by atoms with Crippen molar-refractivity contribution in [3.05, 3.63) is 49.1 Å². The number of hydrogen-bond donors (Lipinski definition) is 1. The summed E-state index contributed by atoms with van der Waals surface area (Å²) in [6, 6.07) is 8.43. The van der Waals surface area contributed by atoms with Gasteiger partial charge in [-0.25, -0.2) is 0 Å². The second kappa shape index (κ2) is 6.93. The van der Waals surface area contributed by atoms with Crippen molar-refractivity contribution in [2.75, 3.05) is 0 Å². The van der Waals surface area contributed by atoms with Gasteiger partial charge in [-0.3, -0.25) is 9.97 Å². The molecule has 5 aromatic rings. The van der Waals surface area contributed by atoms with Crippen LogP contribution in [-0.2, 0) is 7.05 Å². The van der Waals surface area contributed by atoms with Gasteiger partial charge in [0.05, 0.1) is 16.6 Å². The lowest BCUT2D eigenvalue weighted by Crippen LogP contribution is -1.85. The van der Waals surface area contributed by atoms with Crippen LogP contribution in [0.25, 0.3) is 43.6 Å². The van der Waals surface area contributed by atoms with Crippen molar-refractivity contribution in [2.45, 2.75) is 27.7 Å². The minimum Gasteiger partial charge on any atom is -0.354 e. The third-order valence-corrected chi connectivity index (χ3v) is 4.34. The van der Waals surface area contributed by atoms with E-state index in [2.05, 4.69) is 44.8 Å². The van der Waals surface area contributed by atoms with E-state index in [-0.39, 0.29) is 0 Å². The molecule has 0 saturated carbocycles. The van der Waals surface area contributed by atoms with E-state index in [1.54, 1.807) is 0 Å². The molecular weight excluding hydrogens is 308 g/mol. The molecule has 0 aliphatic carbocycles. The van der Waals surface area contributed by atoms with Gasteiger partial charge in [-0.05, 0) is 18.2 Å². The number of fused-ring (bicyclic) bond motifs is 7. The molecule has 0 aliphatic rings. The summed E-state index contributed by atoms with van der Waals surface area (Å²) in [5, 5.41) is 4.78. The minimum atomic E-state index is 1.12. The van der Waals surface area contributed by atoms with Crippen LogP contribution in [0.2, 0.25) is 0 Å². The average Bonchev–Trinajstić information content (AvgIpc) is 3.21. The molecule has 0 atom stereocenters. The Balaban J connectivity index is 0.000000428. The minimum absolute atomic E-state index is 1.12. The number of benzene rings is 1. The molecule has 5 rings (SSSR count). The number of aryl methyl sites for hydroxylation is 1. The summed E-state index contributed by atoms with van der Waals surface area (Å²) < 4.78 is 2.22. The van der Waals surface area contributed by atoms with Crippen molar-refractivity contribution < 1.29 is 0 Å². The zero-order chi connectivity index (χ0) is 18.0. The van der Waals surface area contributed by atoms with Crippen LogP contribution in [0, 0.1) is 0 Å². The first kappa shape index (κ1) is 17.0. The first-order chi connectivity index (χ1) is 12.3. The highest BCUT2D eigenvalue weighted by atomic mass is 14.9.